The van der Waals surface area contributed by atoms with Gasteiger partial charge in [-0.1, -0.05) is 30.3 Å². The zero-order valence-electron chi connectivity index (χ0n) is 15.1. The van der Waals surface area contributed by atoms with E-state index in [-0.39, 0.29) is 18.2 Å². The molecule has 2 aromatic rings. The number of ether oxygens (including phenoxy) is 1. The van der Waals surface area contributed by atoms with E-state index in [1.54, 1.807) is 11.0 Å². The number of benzene rings is 2. The Labute approximate surface area is 167 Å². The Balaban J connectivity index is 1.78. The largest absolute Gasteiger partial charge is 0.493 e. The summed E-state index contributed by atoms with van der Waals surface area (Å²) in [6, 6.07) is 16.9. The highest BCUT2D eigenvalue weighted by atomic mass is 79.9. The Morgan fingerprint density at radius 3 is 2.52 bits per heavy atom. The summed E-state index contributed by atoms with van der Waals surface area (Å²) in [5.41, 5.74) is 5.68. The van der Waals surface area contributed by atoms with Crippen LogP contribution in [0.25, 0.3) is 0 Å². The Morgan fingerprint density at radius 2 is 1.81 bits per heavy atom. The number of halogens is 1. The van der Waals surface area contributed by atoms with Gasteiger partial charge in [0.15, 0.2) is 0 Å². The van der Waals surface area contributed by atoms with Gasteiger partial charge in [-0.15, -0.1) is 0 Å². The van der Waals surface area contributed by atoms with Crippen molar-refractivity contribution in [3.05, 3.63) is 64.6 Å². The fourth-order valence-electron chi connectivity index (χ4n) is 3.62. The molecule has 2 N–H and O–H groups in total. The first kappa shape index (κ1) is 19.4. The van der Waals surface area contributed by atoms with Crippen LogP contribution in [0.5, 0.6) is 5.75 Å². The second-order valence-electron chi connectivity index (χ2n) is 7.05. The van der Waals surface area contributed by atoms with Gasteiger partial charge in [-0.05, 0) is 53.0 Å². The number of nitrogens with zero attached hydrogens (tertiary/aromatic N) is 1. The predicted octanol–water partition coefficient (Wildman–Crippen LogP) is 3.63. The number of carbonyl (C=O) groups is 2. The summed E-state index contributed by atoms with van der Waals surface area (Å²) in [7, 11) is 0. The molecule has 2 aromatic carbocycles. The zero-order chi connectivity index (χ0) is 19.3. The van der Waals surface area contributed by atoms with E-state index in [4.69, 9.17) is 10.5 Å². The summed E-state index contributed by atoms with van der Waals surface area (Å²) in [6.45, 7) is 1.45. The van der Waals surface area contributed by atoms with Crippen molar-refractivity contribution in [3.63, 3.8) is 0 Å². The maximum Gasteiger partial charge on any atom is 0.255 e. The summed E-state index contributed by atoms with van der Waals surface area (Å²) in [5.74, 6) is 0.327. The molecule has 0 radical (unpaired) electrons. The lowest BCUT2D eigenvalue weighted by Crippen LogP contribution is -2.50. The average Bonchev–Trinajstić information content (AvgIpc) is 2.67. The van der Waals surface area contributed by atoms with E-state index >= 15 is 0 Å². The van der Waals surface area contributed by atoms with Crippen molar-refractivity contribution in [2.45, 2.75) is 19.3 Å². The second kappa shape index (κ2) is 8.57. The van der Waals surface area contributed by atoms with Gasteiger partial charge in [0.05, 0.1) is 12.2 Å². The topological polar surface area (TPSA) is 72.6 Å². The lowest BCUT2D eigenvalue weighted by Gasteiger charge is -2.42. The highest BCUT2D eigenvalue weighted by molar-refractivity contribution is 9.10. The van der Waals surface area contributed by atoms with Gasteiger partial charge in [0.25, 0.3) is 5.91 Å². The number of hydrogen-bond donors (Lipinski definition) is 1. The van der Waals surface area contributed by atoms with Crippen LogP contribution in [0.1, 0.15) is 29.6 Å². The minimum Gasteiger partial charge on any atom is -0.493 e. The number of para-hydroxylation sites is 1. The Kier molecular flexibility index (Phi) is 6.16. The number of nitrogens with two attached hydrogens (primary N) is 1. The van der Waals surface area contributed by atoms with Crippen molar-refractivity contribution in [3.8, 4) is 5.75 Å². The Morgan fingerprint density at radius 1 is 1.11 bits per heavy atom. The van der Waals surface area contributed by atoms with Gasteiger partial charge in [0, 0.05) is 29.4 Å². The molecule has 0 aliphatic carbocycles. The van der Waals surface area contributed by atoms with E-state index in [1.165, 1.54) is 0 Å². The van der Waals surface area contributed by atoms with Crippen molar-refractivity contribution >= 4 is 27.7 Å². The van der Waals surface area contributed by atoms with Crippen LogP contribution in [0.15, 0.2) is 59.1 Å². The van der Waals surface area contributed by atoms with Gasteiger partial charge in [-0.3, -0.25) is 9.59 Å². The summed E-state index contributed by atoms with van der Waals surface area (Å²) < 4.78 is 6.72. The maximum absolute atomic E-state index is 13.0. The molecule has 3 rings (SSSR count). The third-order valence-electron chi connectivity index (χ3n) is 4.89. The van der Waals surface area contributed by atoms with E-state index < -0.39 is 5.41 Å². The van der Waals surface area contributed by atoms with Gasteiger partial charge in [-0.25, -0.2) is 0 Å². The van der Waals surface area contributed by atoms with E-state index in [2.05, 4.69) is 15.9 Å². The summed E-state index contributed by atoms with van der Waals surface area (Å²) in [4.78, 5) is 26.6. The lowest BCUT2D eigenvalue weighted by atomic mass is 9.77. The molecule has 1 atom stereocenters. The first-order valence-corrected chi connectivity index (χ1v) is 9.78. The number of rotatable bonds is 6. The molecule has 0 aromatic heterocycles. The molecule has 142 valence electrons. The van der Waals surface area contributed by atoms with Crippen LogP contribution in [0.2, 0.25) is 0 Å². The number of likely N-dealkylation sites (tertiary alicyclic amines) is 1. The van der Waals surface area contributed by atoms with Crippen LogP contribution < -0.4 is 10.5 Å². The average molecular weight is 431 g/mol. The minimum atomic E-state index is -0.475. The first-order valence-electron chi connectivity index (χ1n) is 8.99. The normalized spacial score (nSPS) is 19.5. The molecular weight excluding hydrogens is 408 g/mol. The molecule has 1 heterocycles. The molecule has 6 heteroatoms. The smallest absolute Gasteiger partial charge is 0.255 e. The minimum absolute atomic E-state index is 0.0456. The Hall–Kier alpha value is -2.34. The molecule has 0 unspecified atom stereocenters. The quantitative estimate of drug-likeness (QED) is 0.760. The SMILES string of the molecule is NC(=O)C[C@]1(COc2ccccc2)CCCN(C(=O)c2ccccc2Br)C1. The monoisotopic (exact) mass is 430 g/mol. The van der Waals surface area contributed by atoms with Crippen molar-refractivity contribution in [1.29, 1.82) is 0 Å². The number of hydrogen-bond acceptors (Lipinski definition) is 3. The van der Waals surface area contributed by atoms with Crippen LogP contribution in [-0.2, 0) is 4.79 Å². The van der Waals surface area contributed by atoms with E-state index in [1.807, 2.05) is 48.5 Å². The van der Waals surface area contributed by atoms with Gasteiger partial charge >= 0.3 is 0 Å². The summed E-state index contributed by atoms with van der Waals surface area (Å²) in [5, 5.41) is 0. The summed E-state index contributed by atoms with van der Waals surface area (Å²) in [6.07, 6.45) is 1.80. The number of primary amides is 1. The summed E-state index contributed by atoms with van der Waals surface area (Å²) >= 11 is 3.45. The molecule has 1 aliphatic heterocycles. The number of amides is 2. The highest BCUT2D eigenvalue weighted by Crippen LogP contribution is 2.35. The first-order chi connectivity index (χ1) is 13.0. The van der Waals surface area contributed by atoms with Crippen molar-refractivity contribution in [2.75, 3.05) is 19.7 Å². The van der Waals surface area contributed by atoms with Gasteiger partial charge in [0.2, 0.25) is 5.91 Å². The predicted molar refractivity (Wildman–Crippen MR) is 107 cm³/mol. The highest BCUT2D eigenvalue weighted by Gasteiger charge is 2.39. The van der Waals surface area contributed by atoms with Gasteiger partial charge in [0.1, 0.15) is 5.75 Å². The number of piperidine rings is 1. The molecule has 0 spiro atoms. The fourth-order valence-corrected chi connectivity index (χ4v) is 4.08. The second-order valence-corrected chi connectivity index (χ2v) is 7.91. The van der Waals surface area contributed by atoms with Crippen LogP contribution in [0.3, 0.4) is 0 Å². The van der Waals surface area contributed by atoms with Crippen molar-refractivity contribution in [2.24, 2.45) is 11.1 Å². The van der Waals surface area contributed by atoms with E-state index in [9.17, 15) is 9.59 Å². The lowest BCUT2D eigenvalue weighted by molar-refractivity contribution is -0.122. The molecule has 1 saturated heterocycles. The van der Waals surface area contributed by atoms with Gasteiger partial charge < -0.3 is 15.4 Å². The van der Waals surface area contributed by atoms with Crippen LogP contribution in [0.4, 0.5) is 0 Å². The van der Waals surface area contributed by atoms with E-state index in [0.717, 1.165) is 23.1 Å². The van der Waals surface area contributed by atoms with Crippen LogP contribution >= 0.6 is 15.9 Å². The zero-order valence-corrected chi connectivity index (χ0v) is 16.7. The van der Waals surface area contributed by atoms with Crippen molar-refractivity contribution in [1.82, 2.24) is 4.90 Å². The van der Waals surface area contributed by atoms with Crippen molar-refractivity contribution < 1.29 is 14.3 Å². The number of carbonyl (C=O) groups excluding carboxylic acids is 2. The molecule has 27 heavy (non-hydrogen) atoms. The molecule has 5 nitrogen and oxygen atoms in total. The molecular formula is C21H23BrN2O3. The third-order valence-corrected chi connectivity index (χ3v) is 5.58. The Bertz CT molecular complexity index is 812. The van der Waals surface area contributed by atoms with Crippen LogP contribution in [0, 0.1) is 5.41 Å². The van der Waals surface area contributed by atoms with Crippen LogP contribution in [-0.4, -0.2) is 36.4 Å². The fraction of sp³-hybridized carbons (Fsp3) is 0.333. The third kappa shape index (κ3) is 4.89. The molecule has 2 amide bonds. The molecule has 1 aliphatic rings. The molecule has 0 bridgehead atoms. The maximum atomic E-state index is 13.0. The van der Waals surface area contributed by atoms with Gasteiger partial charge in [-0.2, -0.15) is 0 Å². The molecule has 1 fully saturated rings. The standard InChI is InChI=1S/C21H23BrN2O3/c22-18-10-5-4-9-17(18)20(26)24-12-6-11-21(14-24,13-19(23)25)15-27-16-7-2-1-3-8-16/h1-5,7-10H,6,11-15H2,(H2,23,25)/t21-/m1/s1. The molecule has 0 saturated carbocycles. The van der Waals surface area contributed by atoms with E-state index in [0.29, 0.717) is 25.3 Å².